The van der Waals surface area contributed by atoms with Crippen molar-refractivity contribution in [1.29, 1.82) is 0 Å². The maximum Gasteiger partial charge on any atom is 0.321 e. The van der Waals surface area contributed by atoms with Crippen LogP contribution in [0, 0.1) is 11.3 Å². The van der Waals surface area contributed by atoms with Crippen LogP contribution in [-0.2, 0) is 10.7 Å². The minimum absolute atomic E-state index is 0.0351. The molecule has 1 saturated heterocycles. The molecular formula is C17H20F2N2O3. The Hall–Kier alpha value is -2.18. The van der Waals surface area contributed by atoms with E-state index in [0.717, 1.165) is 19.8 Å². The topological polar surface area (TPSA) is 69.6 Å². The summed E-state index contributed by atoms with van der Waals surface area (Å²) in [5.74, 6) is -3.88. The Labute approximate surface area is 138 Å². The molecule has 1 aromatic rings. The van der Waals surface area contributed by atoms with E-state index < -0.39 is 23.3 Å². The Bertz CT molecular complexity index is 674. The van der Waals surface area contributed by atoms with Gasteiger partial charge in [0.1, 0.15) is 0 Å². The molecule has 0 spiro atoms. The summed E-state index contributed by atoms with van der Waals surface area (Å²) in [7, 11) is 0. The van der Waals surface area contributed by atoms with E-state index in [1.54, 1.807) is 0 Å². The highest BCUT2D eigenvalue weighted by Crippen LogP contribution is 2.48. The van der Waals surface area contributed by atoms with Crippen LogP contribution in [0.25, 0.3) is 0 Å². The van der Waals surface area contributed by atoms with Crippen LogP contribution in [0.15, 0.2) is 24.3 Å². The van der Waals surface area contributed by atoms with Gasteiger partial charge in [0.15, 0.2) is 0 Å². The lowest BCUT2D eigenvalue weighted by Gasteiger charge is -2.23. The van der Waals surface area contributed by atoms with E-state index in [2.05, 4.69) is 5.32 Å². The number of urea groups is 1. The Balaban J connectivity index is 1.72. The number of alkyl halides is 2. The number of carboxylic acids is 1. The number of amides is 2. The molecule has 130 valence electrons. The van der Waals surface area contributed by atoms with Crippen molar-refractivity contribution in [3.8, 4) is 0 Å². The van der Waals surface area contributed by atoms with Crippen molar-refractivity contribution in [2.45, 2.75) is 32.1 Å². The van der Waals surface area contributed by atoms with Crippen LogP contribution in [0.5, 0.6) is 0 Å². The van der Waals surface area contributed by atoms with Gasteiger partial charge in [-0.1, -0.05) is 18.6 Å². The van der Waals surface area contributed by atoms with E-state index in [-0.39, 0.29) is 23.7 Å². The predicted molar refractivity (Wildman–Crippen MR) is 84.0 cm³/mol. The number of nitrogens with one attached hydrogen (secondary N) is 1. The monoisotopic (exact) mass is 338 g/mol. The van der Waals surface area contributed by atoms with Crippen molar-refractivity contribution < 1.29 is 23.5 Å². The average Bonchev–Trinajstić information content (AvgIpc) is 3.04. The van der Waals surface area contributed by atoms with Gasteiger partial charge in [0, 0.05) is 31.3 Å². The molecule has 1 saturated carbocycles. The summed E-state index contributed by atoms with van der Waals surface area (Å²) >= 11 is 0. The molecule has 1 heterocycles. The number of hydrogen-bond acceptors (Lipinski definition) is 2. The Morgan fingerprint density at radius 2 is 2.17 bits per heavy atom. The largest absolute Gasteiger partial charge is 0.481 e. The molecule has 0 bridgehead atoms. The fraction of sp³-hybridized carbons (Fsp3) is 0.529. The molecule has 1 aliphatic carbocycles. The molecule has 1 aliphatic heterocycles. The van der Waals surface area contributed by atoms with Crippen LogP contribution < -0.4 is 5.32 Å². The summed E-state index contributed by atoms with van der Waals surface area (Å²) in [5, 5.41) is 12.2. The van der Waals surface area contributed by atoms with Crippen LogP contribution in [-0.4, -0.2) is 35.1 Å². The Morgan fingerprint density at radius 1 is 1.42 bits per heavy atom. The molecule has 2 amide bonds. The lowest BCUT2D eigenvalue weighted by Crippen LogP contribution is -2.38. The third-order valence-electron chi connectivity index (χ3n) is 5.20. The number of rotatable bonds is 3. The van der Waals surface area contributed by atoms with Crippen molar-refractivity contribution in [2.75, 3.05) is 18.4 Å². The van der Waals surface area contributed by atoms with Gasteiger partial charge < -0.3 is 15.3 Å². The molecule has 5 nitrogen and oxygen atoms in total. The first kappa shape index (κ1) is 16.7. The van der Waals surface area contributed by atoms with Gasteiger partial charge >= 0.3 is 12.0 Å². The van der Waals surface area contributed by atoms with Crippen LogP contribution in [0.2, 0.25) is 0 Å². The number of carbonyl (C=O) groups is 2. The molecule has 24 heavy (non-hydrogen) atoms. The van der Waals surface area contributed by atoms with Gasteiger partial charge in [-0.15, -0.1) is 0 Å². The van der Waals surface area contributed by atoms with E-state index in [0.29, 0.717) is 13.0 Å². The zero-order valence-electron chi connectivity index (χ0n) is 13.4. The van der Waals surface area contributed by atoms with Crippen LogP contribution in [0.4, 0.5) is 19.3 Å². The van der Waals surface area contributed by atoms with Crippen molar-refractivity contribution >= 4 is 17.7 Å². The fourth-order valence-electron chi connectivity index (χ4n) is 3.87. The number of halogens is 2. The zero-order chi connectivity index (χ0) is 17.5. The molecule has 2 atom stereocenters. The summed E-state index contributed by atoms with van der Waals surface area (Å²) in [5.41, 5.74) is -0.753. The molecule has 3 rings (SSSR count). The van der Waals surface area contributed by atoms with Gasteiger partial charge in [-0.25, -0.2) is 13.6 Å². The number of fused-ring (bicyclic) bond motifs is 1. The highest BCUT2D eigenvalue weighted by atomic mass is 19.3. The van der Waals surface area contributed by atoms with E-state index in [1.807, 2.05) is 0 Å². The number of nitrogens with zero attached hydrogens (tertiary/aromatic N) is 1. The third kappa shape index (κ3) is 2.83. The first-order chi connectivity index (χ1) is 11.2. The second-order valence-corrected chi connectivity index (χ2v) is 6.83. The molecular weight excluding hydrogens is 318 g/mol. The van der Waals surface area contributed by atoms with Gasteiger partial charge in [0.25, 0.3) is 5.92 Å². The predicted octanol–water partition coefficient (Wildman–Crippen LogP) is 3.52. The fourth-order valence-corrected chi connectivity index (χ4v) is 3.87. The van der Waals surface area contributed by atoms with E-state index in [1.165, 1.54) is 29.2 Å². The van der Waals surface area contributed by atoms with Crippen molar-refractivity contribution in [2.24, 2.45) is 11.3 Å². The molecule has 0 aromatic heterocycles. The molecule has 7 heteroatoms. The number of hydrogen-bond donors (Lipinski definition) is 2. The van der Waals surface area contributed by atoms with Crippen molar-refractivity contribution in [3.63, 3.8) is 0 Å². The van der Waals surface area contributed by atoms with Crippen molar-refractivity contribution in [3.05, 3.63) is 29.8 Å². The van der Waals surface area contributed by atoms with Crippen molar-refractivity contribution in [1.82, 2.24) is 4.90 Å². The number of aliphatic carboxylic acids is 1. The van der Waals surface area contributed by atoms with Gasteiger partial charge in [0.05, 0.1) is 5.41 Å². The number of carboxylic acid groups (broad SMARTS) is 1. The standard InChI is InChI=1S/C17H20F2N2O3/c1-16(18,19)11-4-2-6-13(8-11)20-15(24)21-9-12-5-3-7-17(12,10-21)14(22)23/h2,4,6,8,12H,3,5,7,9-10H2,1H3,(H,20,24)(H,22,23)/t12-,17+/m0/s1. The zero-order valence-corrected chi connectivity index (χ0v) is 13.4. The molecule has 2 aliphatic rings. The van der Waals surface area contributed by atoms with Crippen LogP contribution >= 0.6 is 0 Å². The summed E-state index contributed by atoms with van der Waals surface area (Å²) < 4.78 is 26.8. The maximum atomic E-state index is 13.4. The molecule has 2 fully saturated rings. The van der Waals surface area contributed by atoms with Gasteiger partial charge in [0.2, 0.25) is 0 Å². The van der Waals surface area contributed by atoms with Gasteiger partial charge in [-0.3, -0.25) is 4.79 Å². The second kappa shape index (κ2) is 5.72. The van der Waals surface area contributed by atoms with E-state index >= 15 is 0 Å². The molecule has 0 radical (unpaired) electrons. The summed E-state index contributed by atoms with van der Waals surface area (Å²) in [6.45, 7) is 1.36. The lowest BCUT2D eigenvalue weighted by molar-refractivity contribution is -0.149. The minimum Gasteiger partial charge on any atom is -0.481 e. The third-order valence-corrected chi connectivity index (χ3v) is 5.20. The number of anilines is 1. The highest BCUT2D eigenvalue weighted by molar-refractivity contribution is 5.90. The van der Waals surface area contributed by atoms with Gasteiger partial charge in [-0.05, 0) is 30.9 Å². The Morgan fingerprint density at radius 3 is 2.79 bits per heavy atom. The highest BCUT2D eigenvalue weighted by Gasteiger charge is 2.55. The normalized spacial score (nSPS) is 26.3. The number of benzene rings is 1. The molecule has 0 unspecified atom stereocenters. The minimum atomic E-state index is -2.99. The van der Waals surface area contributed by atoms with Crippen LogP contribution in [0.3, 0.4) is 0 Å². The van der Waals surface area contributed by atoms with E-state index in [9.17, 15) is 23.5 Å². The summed E-state index contributed by atoms with van der Waals surface area (Å²) in [6.07, 6.45) is 2.24. The van der Waals surface area contributed by atoms with Crippen LogP contribution in [0.1, 0.15) is 31.7 Å². The number of carbonyl (C=O) groups excluding carboxylic acids is 1. The second-order valence-electron chi connectivity index (χ2n) is 6.83. The SMILES string of the molecule is CC(F)(F)c1cccc(NC(=O)N2C[C@@H]3CCC[C@@]3(C(=O)O)C2)c1. The smallest absolute Gasteiger partial charge is 0.321 e. The summed E-state index contributed by atoms with van der Waals surface area (Å²) in [4.78, 5) is 25.5. The summed E-state index contributed by atoms with van der Waals surface area (Å²) in [6, 6.07) is 5.09. The first-order valence-corrected chi connectivity index (χ1v) is 8.00. The first-order valence-electron chi connectivity index (χ1n) is 8.00. The lowest BCUT2D eigenvalue weighted by atomic mass is 9.81. The average molecular weight is 338 g/mol. The quantitative estimate of drug-likeness (QED) is 0.886. The maximum absolute atomic E-state index is 13.4. The Kier molecular flexibility index (Phi) is 3.97. The van der Waals surface area contributed by atoms with Gasteiger partial charge in [-0.2, -0.15) is 0 Å². The molecule has 1 aromatic carbocycles. The number of likely N-dealkylation sites (tertiary alicyclic amines) is 1. The molecule has 2 N–H and O–H groups in total. The van der Waals surface area contributed by atoms with E-state index in [4.69, 9.17) is 0 Å².